The molecule has 2 rings (SSSR count). The number of fused-ring (bicyclic) bond motifs is 1. The Morgan fingerprint density at radius 2 is 1.54 bits per heavy atom. The number of nitrogens with zero attached hydrogens (tertiary/aromatic N) is 2. The Bertz CT molecular complexity index is 577. The molecule has 0 aliphatic heterocycles. The first-order valence-corrected chi connectivity index (χ1v) is 8.27. The van der Waals surface area contributed by atoms with Crippen LogP contribution in [0.2, 0.25) is 0 Å². The predicted octanol–water partition coefficient (Wildman–Crippen LogP) is 1.05. The summed E-state index contributed by atoms with van der Waals surface area (Å²) in [7, 11) is 0. The molecule has 2 aromatic rings. The van der Waals surface area contributed by atoms with E-state index < -0.39 is 0 Å². The summed E-state index contributed by atoms with van der Waals surface area (Å²) >= 11 is 0. The highest BCUT2D eigenvalue weighted by molar-refractivity contribution is 5.81. The van der Waals surface area contributed by atoms with Gasteiger partial charge in [-0.05, 0) is 17.7 Å². The Hall–Kier alpha value is -1.57. The Balaban J connectivity index is 1.98. The number of para-hydroxylation sites is 1. The highest BCUT2D eigenvalue weighted by Gasteiger charge is 2.09. The van der Waals surface area contributed by atoms with Crippen molar-refractivity contribution in [1.29, 1.82) is 0 Å². The molecule has 0 saturated heterocycles. The van der Waals surface area contributed by atoms with E-state index in [1.165, 1.54) is 5.56 Å². The first-order valence-electron chi connectivity index (χ1n) is 8.27. The van der Waals surface area contributed by atoms with Crippen LogP contribution >= 0.6 is 0 Å². The van der Waals surface area contributed by atoms with E-state index in [-0.39, 0.29) is 13.2 Å². The summed E-state index contributed by atoms with van der Waals surface area (Å²) in [6.07, 6.45) is 1.83. The second-order valence-corrected chi connectivity index (χ2v) is 5.44. The molecule has 6 nitrogen and oxygen atoms in total. The molecule has 0 unspecified atom stereocenters. The third-order valence-electron chi connectivity index (χ3n) is 3.71. The van der Waals surface area contributed by atoms with Crippen LogP contribution in [0.3, 0.4) is 0 Å². The average molecular weight is 334 g/mol. The molecule has 1 heterocycles. The summed E-state index contributed by atoms with van der Waals surface area (Å²) in [5.41, 5.74) is 2.20. The Labute approximate surface area is 142 Å². The van der Waals surface area contributed by atoms with Crippen LogP contribution in [0, 0.1) is 0 Å². The Kier molecular flexibility index (Phi) is 8.65. The van der Waals surface area contributed by atoms with E-state index in [4.69, 9.17) is 19.7 Å². The zero-order chi connectivity index (χ0) is 17.0. The molecule has 0 amide bonds. The summed E-state index contributed by atoms with van der Waals surface area (Å²) in [5.74, 6) is 0. The average Bonchev–Trinajstić information content (AvgIpc) is 2.62. The van der Waals surface area contributed by atoms with Gasteiger partial charge < -0.3 is 19.7 Å². The van der Waals surface area contributed by atoms with Crippen molar-refractivity contribution in [2.45, 2.75) is 6.54 Å². The van der Waals surface area contributed by atoms with Crippen LogP contribution in [0.25, 0.3) is 10.9 Å². The van der Waals surface area contributed by atoms with Gasteiger partial charge in [0, 0.05) is 31.2 Å². The highest BCUT2D eigenvalue weighted by Crippen LogP contribution is 2.17. The second kappa shape index (κ2) is 11.1. The lowest BCUT2D eigenvalue weighted by Gasteiger charge is -2.23. The fourth-order valence-corrected chi connectivity index (χ4v) is 2.52. The molecule has 24 heavy (non-hydrogen) atoms. The Morgan fingerprint density at radius 3 is 2.21 bits per heavy atom. The smallest absolute Gasteiger partial charge is 0.0705 e. The monoisotopic (exact) mass is 334 g/mol. The molecule has 0 atom stereocenters. The van der Waals surface area contributed by atoms with Crippen molar-refractivity contribution >= 4 is 10.9 Å². The predicted molar refractivity (Wildman–Crippen MR) is 92.8 cm³/mol. The van der Waals surface area contributed by atoms with Crippen molar-refractivity contribution in [2.75, 3.05) is 52.7 Å². The molecule has 1 aromatic carbocycles. The summed E-state index contributed by atoms with van der Waals surface area (Å²) < 4.78 is 10.8. The van der Waals surface area contributed by atoms with Gasteiger partial charge in [0.2, 0.25) is 0 Å². The van der Waals surface area contributed by atoms with Crippen LogP contribution in [0.15, 0.2) is 36.5 Å². The van der Waals surface area contributed by atoms with E-state index in [1.54, 1.807) is 0 Å². The molecular formula is C18H26N2O4. The van der Waals surface area contributed by atoms with Crippen LogP contribution in [0.1, 0.15) is 5.56 Å². The van der Waals surface area contributed by atoms with Gasteiger partial charge in [-0.25, -0.2) is 0 Å². The third-order valence-corrected chi connectivity index (χ3v) is 3.71. The van der Waals surface area contributed by atoms with Crippen LogP contribution in [-0.4, -0.2) is 72.8 Å². The summed E-state index contributed by atoms with van der Waals surface area (Å²) in [6.45, 7) is 4.17. The lowest BCUT2D eigenvalue weighted by atomic mass is 10.1. The van der Waals surface area contributed by atoms with E-state index in [2.05, 4.69) is 16.0 Å². The van der Waals surface area contributed by atoms with Gasteiger partial charge >= 0.3 is 0 Å². The molecular weight excluding hydrogens is 308 g/mol. The lowest BCUT2D eigenvalue weighted by molar-refractivity contribution is 0.0487. The normalized spacial score (nSPS) is 11.5. The van der Waals surface area contributed by atoms with Crippen molar-refractivity contribution in [3.8, 4) is 0 Å². The molecule has 6 heteroatoms. The van der Waals surface area contributed by atoms with Crippen molar-refractivity contribution in [2.24, 2.45) is 0 Å². The van der Waals surface area contributed by atoms with Gasteiger partial charge in [0.1, 0.15) is 0 Å². The van der Waals surface area contributed by atoms with Gasteiger partial charge in [-0.15, -0.1) is 0 Å². The van der Waals surface area contributed by atoms with Crippen LogP contribution in [0.5, 0.6) is 0 Å². The van der Waals surface area contributed by atoms with Crippen LogP contribution < -0.4 is 0 Å². The minimum atomic E-state index is 0.0363. The highest BCUT2D eigenvalue weighted by atomic mass is 16.5. The SMILES string of the molecule is OCCOCCN(CCOCCO)Cc1ccnc2ccccc12. The summed E-state index contributed by atoms with van der Waals surface area (Å²) in [5, 5.41) is 18.7. The number of pyridine rings is 1. The molecule has 0 spiro atoms. The van der Waals surface area contributed by atoms with Crippen LogP contribution in [-0.2, 0) is 16.0 Å². The van der Waals surface area contributed by atoms with Gasteiger partial charge in [-0.2, -0.15) is 0 Å². The van der Waals surface area contributed by atoms with E-state index in [0.717, 1.165) is 30.5 Å². The molecule has 0 bridgehead atoms. The third kappa shape index (κ3) is 6.14. The van der Waals surface area contributed by atoms with Gasteiger partial charge in [0.15, 0.2) is 0 Å². The lowest BCUT2D eigenvalue weighted by Crippen LogP contribution is -2.31. The molecule has 0 aliphatic carbocycles. The maximum Gasteiger partial charge on any atom is 0.0705 e. The van der Waals surface area contributed by atoms with Gasteiger partial charge in [0.25, 0.3) is 0 Å². The minimum absolute atomic E-state index is 0.0363. The van der Waals surface area contributed by atoms with E-state index in [0.29, 0.717) is 26.4 Å². The zero-order valence-corrected chi connectivity index (χ0v) is 13.9. The molecule has 1 aromatic heterocycles. The largest absolute Gasteiger partial charge is 0.394 e. The van der Waals surface area contributed by atoms with Crippen molar-refractivity contribution in [3.63, 3.8) is 0 Å². The number of rotatable bonds is 12. The van der Waals surface area contributed by atoms with Gasteiger partial charge in [0.05, 0.1) is 45.2 Å². The fraction of sp³-hybridized carbons (Fsp3) is 0.500. The van der Waals surface area contributed by atoms with Gasteiger partial charge in [-0.1, -0.05) is 18.2 Å². The number of benzene rings is 1. The molecule has 0 fully saturated rings. The number of aliphatic hydroxyl groups excluding tert-OH is 2. The first-order chi connectivity index (χ1) is 11.8. The maximum absolute atomic E-state index is 8.80. The molecule has 0 saturated carbocycles. The zero-order valence-electron chi connectivity index (χ0n) is 13.9. The number of ether oxygens (including phenoxy) is 2. The molecule has 2 N–H and O–H groups in total. The number of hydrogen-bond acceptors (Lipinski definition) is 6. The quantitative estimate of drug-likeness (QED) is 0.565. The van der Waals surface area contributed by atoms with Gasteiger partial charge in [-0.3, -0.25) is 9.88 Å². The maximum atomic E-state index is 8.80. The molecule has 0 radical (unpaired) electrons. The van der Waals surface area contributed by atoms with Crippen molar-refractivity contribution < 1.29 is 19.7 Å². The summed E-state index contributed by atoms with van der Waals surface area (Å²) in [6, 6.07) is 10.1. The number of aliphatic hydroxyl groups is 2. The van der Waals surface area contributed by atoms with E-state index in [9.17, 15) is 0 Å². The van der Waals surface area contributed by atoms with E-state index >= 15 is 0 Å². The minimum Gasteiger partial charge on any atom is -0.394 e. The van der Waals surface area contributed by atoms with Crippen molar-refractivity contribution in [3.05, 3.63) is 42.1 Å². The second-order valence-electron chi connectivity index (χ2n) is 5.44. The van der Waals surface area contributed by atoms with Crippen LogP contribution in [0.4, 0.5) is 0 Å². The van der Waals surface area contributed by atoms with Crippen molar-refractivity contribution in [1.82, 2.24) is 9.88 Å². The standard InChI is InChI=1S/C18H26N2O4/c21-9-13-23-11-7-20(8-12-24-14-10-22)15-16-5-6-19-18-4-2-1-3-17(16)18/h1-6,21-22H,7-15H2. The molecule has 132 valence electrons. The topological polar surface area (TPSA) is 75.1 Å². The number of hydrogen-bond donors (Lipinski definition) is 2. The van der Waals surface area contributed by atoms with E-state index in [1.807, 2.05) is 30.5 Å². The summed E-state index contributed by atoms with van der Waals surface area (Å²) in [4.78, 5) is 6.65. The first kappa shape index (κ1) is 18.8. The fourth-order valence-electron chi connectivity index (χ4n) is 2.52. The molecule has 0 aliphatic rings. The number of aromatic nitrogens is 1. The Morgan fingerprint density at radius 1 is 0.875 bits per heavy atom.